The minimum atomic E-state index is -0.381. The number of ether oxygens (including phenoxy) is 1. The molecule has 0 aliphatic carbocycles. The van der Waals surface area contributed by atoms with Crippen LogP contribution in [0.5, 0.6) is 0 Å². The molecule has 1 aromatic carbocycles. The normalized spacial score (nSPS) is 18.4. The van der Waals surface area contributed by atoms with E-state index in [2.05, 4.69) is 18.7 Å². The lowest BCUT2D eigenvalue weighted by Gasteiger charge is -2.26. The molecule has 0 spiro atoms. The zero-order valence-electron chi connectivity index (χ0n) is 12.3. The third-order valence-electron chi connectivity index (χ3n) is 3.67. The largest absolute Gasteiger partial charge is 0.465 e. The van der Waals surface area contributed by atoms with Gasteiger partial charge in [-0.05, 0) is 18.6 Å². The van der Waals surface area contributed by atoms with Crippen LogP contribution >= 0.6 is 11.8 Å². The molecule has 1 aliphatic heterocycles. The third kappa shape index (κ3) is 3.20. The summed E-state index contributed by atoms with van der Waals surface area (Å²) in [6.45, 7) is 6.45. The number of hydrogen-bond acceptors (Lipinski definition) is 5. The fourth-order valence-electron chi connectivity index (χ4n) is 2.38. The highest BCUT2D eigenvalue weighted by Gasteiger charge is 2.25. The number of nitrogens with zero attached hydrogens (tertiary/aromatic N) is 1. The molecule has 5 heteroatoms. The average molecular weight is 294 g/mol. The Kier molecular flexibility index (Phi) is 4.48. The Labute approximate surface area is 124 Å². The van der Waals surface area contributed by atoms with Crippen LogP contribution in [0, 0.1) is 0 Å². The predicted molar refractivity (Wildman–Crippen MR) is 85.6 cm³/mol. The van der Waals surface area contributed by atoms with Crippen molar-refractivity contribution < 1.29 is 9.53 Å². The number of benzene rings is 1. The molecule has 110 valence electrons. The lowest BCUT2D eigenvalue weighted by molar-refractivity contribution is 0.0602. The van der Waals surface area contributed by atoms with Crippen molar-refractivity contribution in [2.45, 2.75) is 25.0 Å². The molecule has 1 aromatic rings. The minimum absolute atomic E-state index is 0.295. The summed E-state index contributed by atoms with van der Waals surface area (Å²) in [6, 6.07) is 5.55. The van der Waals surface area contributed by atoms with Crippen LogP contribution in [0.15, 0.2) is 18.2 Å². The van der Waals surface area contributed by atoms with Gasteiger partial charge in [0.15, 0.2) is 0 Å². The van der Waals surface area contributed by atoms with Gasteiger partial charge in [-0.2, -0.15) is 11.8 Å². The maximum absolute atomic E-state index is 11.7. The smallest absolute Gasteiger partial charge is 0.340 e. The summed E-state index contributed by atoms with van der Waals surface area (Å²) in [5.41, 5.74) is 8.06. The summed E-state index contributed by atoms with van der Waals surface area (Å²) in [7, 11) is 1.37. The van der Waals surface area contributed by atoms with Crippen molar-refractivity contribution in [2.24, 2.45) is 0 Å². The van der Waals surface area contributed by atoms with Gasteiger partial charge in [-0.15, -0.1) is 0 Å². The number of thioether (sulfide) groups is 1. The summed E-state index contributed by atoms with van der Waals surface area (Å²) >= 11 is 1.99. The molecule has 1 heterocycles. The van der Waals surface area contributed by atoms with Gasteiger partial charge in [0.25, 0.3) is 0 Å². The Morgan fingerprint density at radius 3 is 2.85 bits per heavy atom. The molecule has 2 rings (SSSR count). The van der Waals surface area contributed by atoms with E-state index < -0.39 is 0 Å². The van der Waals surface area contributed by atoms with Crippen LogP contribution in [0.3, 0.4) is 0 Å². The number of rotatable bonds is 2. The van der Waals surface area contributed by atoms with E-state index in [4.69, 9.17) is 10.5 Å². The summed E-state index contributed by atoms with van der Waals surface area (Å²) in [6.07, 6.45) is 1.10. The molecule has 0 amide bonds. The molecule has 2 N–H and O–H groups in total. The van der Waals surface area contributed by atoms with Crippen LogP contribution in [0.1, 0.15) is 30.6 Å². The maximum atomic E-state index is 11.7. The number of para-hydroxylation sites is 1. The standard InChI is InChI=1S/C15H22N2O2S/c1-15(2)7-8-17(9-10-20-15)12-6-4-5-11(13(12)16)14(18)19-3/h4-6H,7-10,16H2,1-3H3. The molecule has 0 saturated carbocycles. The van der Waals surface area contributed by atoms with E-state index in [9.17, 15) is 4.79 Å². The summed E-state index contributed by atoms with van der Waals surface area (Å²) in [5, 5.41) is 0. The first-order valence-corrected chi connectivity index (χ1v) is 7.79. The molecule has 0 aromatic heterocycles. The van der Waals surface area contributed by atoms with Crippen LogP contribution in [0.2, 0.25) is 0 Å². The highest BCUT2D eigenvalue weighted by molar-refractivity contribution is 8.00. The molecule has 0 radical (unpaired) electrons. The predicted octanol–water partition coefficient (Wildman–Crippen LogP) is 2.78. The Bertz CT molecular complexity index is 503. The van der Waals surface area contributed by atoms with Gasteiger partial charge < -0.3 is 15.4 Å². The molecule has 1 aliphatic rings. The molecule has 0 atom stereocenters. The van der Waals surface area contributed by atoms with Crippen molar-refractivity contribution in [3.63, 3.8) is 0 Å². The van der Waals surface area contributed by atoms with Gasteiger partial charge in [0.1, 0.15) is 0 Å². The van der Waals surface area contributed by atoms with Gasteiger partial charge in [0.2, 0.25) is 0 Å². The summed E-state index contributed by atoms with van der Waals surface area (Å²) in [4.78, 5) is 14.0. The summed E-state index contributed by atoms with van der Waals surface area (Å²) in [5.74, 6) is 0.684. The van der Waals surface area contributed by atoms with Crippen molar-refractivity contribution >= 4 is 29.1 Å². The van der Waals surface area contributed by atoms with E-state index in [1.165, 1.54) is 7.11 Å². The number of nitrogen functional groups attached to an aromatic ring is 1. The Morgan fingerprint density at radius 2 is 2.15 bits per heavy atom. The number of anilines is 2. The van der Waals surface area contributed by atoms with Crippen LogP contribution in [-0.2, 0) is 4.74 Å². The van der Waals surface area contributed by atoms with Crippen molar-refractivity contribution in [3.8, 4) is 0 Å². The van der Waals surface area contributed by atoms with Gasteiger partial charge in [0, 0.05) is 23.6 Å². The SMILES string of the molecule is COC(=O)c1cccc(N2CCSC(C)(C)CC2)c1N. The molecule has 0 bridgehead atoms. The van der Waals surface area contributed by atoms with E-state index in [-0.39, 0.29) is 5.97 Å². The quantitative estimate of drug-likeness (QED) is 0.671. The first kappa shape index (κ1) is 15.0. The van der Waals surface area contributed by atoms with Crippen LogP contribution in [0.4, 0.5) is 11.4 Å². The van der Waals surface area contributed by atoms with Crippen molar-refractivity contribution in [2.75, 3.05) is 36.6 Å². The molecule has 1 saturated heterocycles. The van der Waals surface area contributed by atoms with Gasteiger partial charge in [-0.3, -0.25) is 0 Å². The first-order chi connectivity index (χ1) is 9.44. The highest BCUT2D eigenvalue weighted by Crippen LogP contribution is 2.34. The third-order valence-corrected chi connectivity index (χ3v) is 5.04. The molecule has 1 fully saturated rings. The van der Waals surface area contributed by atoms with Crippen molar-refractivity contribution in [1.29, 1.82) is 0 Å². The van der Waals surface area contributed by atoms with E-state index in [0.717, 1.165) is 31.0 Å². The number of methoxy groups -OCH3 is 1. The van der Waals surface area contributed by atoms with E-state index >= 15 is 0 Å². The number of carbonyl (C=O) groups is 1. The second-order valence-corrected chi connectivity index (χ2v) is 7.38. The number of nitrogens with two attached hydrogens (primary N) is 1. The van der Waals surface area contributed by atoms with Crippen LogP contribution < -0.4 is 10.6 Å². The second-order valence-electron chi connectivity index (χ2n) is 5.58. The minimum Gasteiger partial charge on any atom is -0.465 e. The lowest BCUT2D eigenvalue weighted by Crippen LogP contribution is -2.28. The molecule has 0 unspecified atom stereocenters. The lowest BCUT2D eigenvalue weighted by atomic mass is 10.1. The zero-order valence-corrected chi connectivity index (χ0v) is 13.1. The Balaban J connectivity index is 2.27. The van der Waals surface area contributed by atoms with Crippen molar-refractivity contribution in [1.82, 2.24) is 0 Å². The van der Waals surface area contributed by atoms with Gasteiger partial charge >= 0.3 is 5.97 Å². The highest BCUT2D eigenvalue weighted by atomic mass is 32.2. The zero-order chi connectivity index (χ0) is 14.8. The molecule has 20 heavy (non-hydrogen) atoms. The van der Waals surface area contributed by atoms with Gasteiger partial charge in [-0.1, -0.05) is 19.9 Å². The van der Waals surface area contributed by atoms with Crippen LogP contribution in [-0.4, -0.2) is 36.7 Å². The number of carbonyl (C=O) groups excluding carboxylic acids is 1. The Hall–Kier alpha value is -1.36. The topological polar surface area (TPSA) is 55.6 Å². The maximum Gasteiger partial charge on any atom is 0.340 e. The number of esters is 1. The fraction of sp³-hybridized carbons (Fsp3) is 0.533. The van der Waals surface area contributed by atoms with Gasteiger partial charge in [-0.25, -0.2) is 4.79 Å². The average Bonchev–Trinajstić information content (AvgIpc) is 2.59. The molecule has 4 nitrogen and oxygen atoms in total. The van der Waals surface area contributed by atoms with E-state index in [1.807, 2.05) is 23.9 Å². The monoisotopic (exact) mass is 294 g/mol. The van der Waals surface area contributed by atoms with Crippen LogP contribution in [0.25, 0.3) is 0 Å². The number of hydrogen-bond donors (Lipinski definition) is 1. The first-order valence-electron chi connectivity index (χ1n) is 6.80. The summed E-state index contributed by atoms with van der Waals surface area (Å²) < 4.78 is 5.07. The van der Waals surface area contributed by atoms with Crippen molar-refractivity contribution in [3.05, 3.63) is 23.8 Å². The van der Waals surface area contributed by atoms with E-state index in [0.29, 0.717) is 16.0 Å². The fourth-order valence-corrected chi connectivity index (χ4v) is 3.48. The van der Waals surface area contributed by atoms with E-state index in [1.54, 1.807) is 6.07 Å². The molecular formula is C15H22N2O2S. The second kappa shape index (κ2) is 5.95. The Morgan fingerprint density at radius 1 is 1.40 bits per heavy atom. The van der Waals surface area contributed by atoms with Gasteiger partial charge in [0.05, 0.1) is 24.0 Å². The molecular weight excluding hydrogens is 272 g/mol.